The van der Waals surface area contributed by atoms with E-state index in [1.54, 1.807) is 0 Å². The Kier molecular flexibility index (Phi) is 4.23. The largest absolute Gasteiger partial charge is 0.478 e. The molecule has 0 aliphatic rings. The first-order chi connectivity index (χ1) is 9.60. The van der Waals surface area contributed by atoms with Gasteiger partial charge < -0.3 is 5.11 Å². The third-order valence-corrected chi connectivity index (χ3v) is 3.83. The highest BCUT2D eigenvalue weighted by Crippen LogP contribution is 2.33. The van der Waals surface area contributed by atoms with Gasteiger partial charge >= 0.3 is 5.97 Å². The van der Waals surface area contributed by atoms with Crippen LogP contribution in [0.25, 0.3) is 11.1 Å². The van der Waals surface area contributed by atoms with E-state index < -0.39 is 5.97 Å². The molecule has 0 amide bonds. The lowest BCUT2D eigenvalue weighted by atomic mass is 9.86. The molecular weight excluding hydrogens is 248 g/mol. The second kappa shape index (κ2) is 5.91. The van der Waals surface area contributed by atoms with Crippen LogP contribution in [0, 0.1) is 6.92 Å². The van der Waals surface area contributed by atoms with Crippen LogP contribution in [0.4, 0.5) is 0 Å². The Hall–Kier alpha value is -2.09. The number of carbonyl (C=O) groups is 1. The maximum absolute atomic E-state index is 11.4. The van der Waals surface area contributed by atoms with Crippen LogP contribution in [0.2, 0.25) is 0 Å². The molecule has 0 radical (unpaired) electrons. The SMILES string of the molecule is CCc1cc(C(=O)O)c(C)c(CC)c1-c1ccccc1. The van der Waals surface area contributed by atoms with Crippen LogP contribution in [-0.4, -0.2) is 11.1 Å². The first kappa shape index (κ1) is 14.3. The topological polar surface area (TPSA) is 37.3 Å². The molecule has 2 nitrogen and oxygen atoms in total. The Morgan fingerprint density at radius 2 is 1.75 bits per heavy atom. The van der Waals surface area contributed by atoms with Crippen LogP contribution in [0.5, 0.6) is 0 Å². The van der Waals surface area contributed by atoms with E-state index in [1.807, 2.05) is 31.2 Å². The van der Waals surface area contributed by atoms with Crippen molar-refractivity contribution in [1.29, 1.82) is 0 Å². The standard InChI is InChI=1S/C18H20O2/c1-4-13-11-16(18(19)20)12(3)15(5-2)17(13)14-9-7-6-8-10-14/h6-11H,4-5H2,1-3H3,(H,19,20). The fraction of sp³-hybridized carbons (Fsp3) is 0.278. The van der Waals surface area contributed by atoms with Gasteiger partial charge in [0.2, 0.25) is 0 Å². The number of aromatic carboxylic acids is 1. The van der Waals surface area contributed by atoms with E-state index in [9.17, 15) is 9.90 Å². The molecule has 0 fully saturated rings. The van der Waals surface area contributed by atoms with Crippen LogP contribution in [0.1, 0.15) is 40.9 Å². The third kappa shape index (κ3) is 2.46. The molecule has 0 atom stereocenters. The summed E-state index contributed by atoms with van der Waals surface area (Å²) in [7, 11) is 0. The van der Waals surface area contributed by atoms with E-state index in [1.165, 1.54) is 11.1 Å². The summed E-state index contributed by atoms with van der Waals surface area (Å²) in [6.07, 6.45) is 1.67. The van der Waals surface area contributed by atoms with E-state index >= 15 is 0 Å². The number of carboxylic acid groups (broad SMARTS) is 1. The Morgan fingerprint density at radius 3 is 2.25 bits per heavy atom. The van der Waals surface area contributed by atoms with Gasteiger partial charge in [0.15, 0.2) is 0 Å². The zero-order valence-electron chi connectivity index (χ0n) is 12.2. The number of aryl methyl sites for hydroxylation is 1. The number of carboxylic acids is 1. The lowest BCUT2D eigenvalue weighted by molar-refractivity contribution is 0.0696. The molecule has 104 valence electrons. The predicted octanol–water partition coefficient (Wildman–Crippen LogP) is 4.49. The quantitative estimate of drug-likeness (QED) is 0.887. The van der Waals surface area contributed by atoms with Crippen LogP contribution in [0.15, 0.2) is 36.4 Å². The highest BCUT2D eigenvalue weighted by molar-refractivity contribution is 5.92. The molecule has 20 heavy (non-hydrogen) atoms. The third-order valence-electron chi connectivity index (χ3n) is 3.83. The van der Waals surface area contributed by atoms with Crippen LogP contribution < -0.4 is 0 Å². The normalized spacial score (nSPS) is 10.6. The molecule has 0 unspecified atom stereocenters. The monoisotopic (exact) mass is 268 g/mol. The molecule has 0 bridgehead atoms. The van der Waals surface area contributed by atoms with Crippen molar-refractivity contribution in [2.75, 3.05) is 0 Å². The number of hydrogen-bond acceptors (Lipinski definition) is 1. The molecule has 2 aromatic rings. The minimum Gasteiger partial charge on any atom is -0.478 e. The summed E-state index contributed by atoms with van der Waals surface area (Å²) in [5.41, 5.74) is 5.94. The molecule has 0 aliphatic heterocycles. The van der Waals surface area contributed by atoms with Crippen molar-refractivity contribution >= 4 is 5.97 Å². The van der Waals surface area contributed by atoms with Crippen molar-refractivity contribution in [3.8, 4) is 11.1 Å². The van der Waals surface area contributed by atoms with Gasteiger partial charge in [-0.2, -0.15) is 0 Å². The molecule has 0 spiro atoms. The van der Waals surface area contributed by atoms with Crippen LogP contribution >= 0.6 is 0 Å². The minimum atomic E-state index is -0.841. The van der Waals surface area contributed by atoms with Gasteiger partial charge in [0.25, 0.3) is 0 Å². The van der Waals surface area contributed by atoms with E-state index in [-0.39, 0.29) is 0 Å². The average molecular weight is 268 g/mol. The minimum absolute atomic E-state index is 0.429. The molecule has 0 aromatic heterocycles. The van der Waals surface area contributed by atoms with Gasteiger partial charge in [-0.05, 0) is 53.6 Å². The summed E-state index contributed by atoms with van der Waals surface area (Å²) in [6, 6.07) is 12.1. The summed E-state index contributed by atoms with van der Waals surface area (Å²) in [6.45, 7) is 6.07. The molecule has 2 rings (SSSR count). The van der Waals surface area contributed by atoms with Crippen molar-refractivity contribution in [3.05, 3.63) is 58.7 Å². The maximum atomic E-state index is 11.4. The summed E-state index contributed by atoms with van der Waals surface area (Å²) in [4.78, 5) is 11.4. The van der Waals surface area contributed by atoms with Crippen molar-refractivity contribution in [2.45, 2.75) is 33.6 Å². The second-order valence-electron chi connectivity index (χ2n) is 4.94. The molecule has 0 heterocycles. The second-order valence-corrected chi connectivity index (χ2v) is 4.94. The molecule has 2 aromatic carbocycles. The summed E-state index contributed by atoms with van der Waals surface area (Å²) in [5, 5.41) is 9.37. The molecule has 1 N–H and O–H groups in total. The zero-order chi connectivity index (χ0) is 14.7. The number of benzene rings is 2. The van der Waals surface area contributed by atoms with E-state index in [4.69, 9.17) is 0 Å². The zero-order valence-corrected chi connectivity index (χ0v) is 12.2. The van der Waals surface area contributed by atoms with Gasteiger partial charge in [0, 0.05) is 0 Å². The predicted molar refractivity (Wildman–Crippen MR) is 82.3 cm³/mol. The molecule has 0 saturated heterocycles. The molecule has 2 heteroatoms. The molecule has 0 saturated carbocycles. The Labute approximate surface area is 120 Å². The number of hydrogen-bond donors (Lipinski definition) is 1. The maximum Gasteiger partial charge on any atom is 0.335 e. The van der Waals surface area contributed by atoms with Gasteiger partial charge in [0.1, 0.15) is 0 Å². The Morgan fingerprint density at radius 1 is 1.10 bits per heavy atom. The van der Waals surface area contributed by atoms with Crippen molar-refractivity contribution in [3.63, 3.8) is 0 Å². The lowest BCUT2D eigenvalue weighted by Crippen LogP contribution is -2.07. The van der Waals surface area contributed by atoms with Crippen molar-refractivity contribution < 1.29 is 9.90 Å². The fourth-order valence-corrected chi connectivity index (χ4v) is 2.81. The Balaban J connectivity index is 2.79. The first-order valence-corrected chi connectivity index (χ1v) is 7.04. The van der Waals surface area contributed by atoms with Gasteiger partial charge in [-0.3, -0.25) is 0 Å². The van der Waals surface area contributed by atoms with Gasteiger partial charge in [-0.25, -0.2) is 4.79 Å². The average Bonchev–Trinajstić information content (AvgIpc) is 2.47. The van der Waals surface area contributed by atoms with Gasteiger partial charge in [-0.1, -0.05) is 44.2 Å². The summed E-state index contributed by atoms with van der Waals surface area (Å²) >= 11 is 0. The van der Waals surface area contributed by atoms with Crippen LogP contribution in [0.3, 0.4) is 0 Å². The van der Waals surface area contributed by atoms with Gasteiger partial charge in [-0.15, -0.1) is 0 Å². The highest BCUT2D eigenvalue weighted by atomic mass is 16.4. The van der Waals surface area contributed by atoms with Gasteiger partial charge in [0.05, 0.1) is 5.56 Å². The van der Waals surface area contributed by atoms with E-state index in [0.717, 1.165) is 29.5 Å². The molecular formula is C18H20O2. The Bertz CT molecular complexity index is 628. The van der Waals surface area contributed by atoms with E-state index in [2.05, 4.69) is 26.0 Å². The molecule has 0 aliphatic carbocycles. The fourth-order valence-electron chi connectivity index (χ4n) is 2.81. The van der Waals surface area contributed by atoms with E-state index in [0.29, 0.717) is 5.56 Å². The lowest BCUT2D eigenvalue weighted by Gasteiger charge is -2.18. The van der Waals surface area contributed by atoms with Crippen LogP contribution in [-0.2, 0) is 12.8 Å². The van der Waals surface area contributed by atoms with Crippen molar-refractivity contribution in [2.24, 2.45) is 0 Å². The highest BCUT2D eigenvalue weighted by Gasteiger charge is 2.18. The summed E-state index contributed by atoms with van der Waals surface area (Å²) < 4.78 is 0. The van der Waals surface area contributed by atoms with Crippen molar-refractivity contribution in [1.82, 2.24) is 0 Å². The number of rotatable bonds is 4. The first-order valence-electron chi connectivity index (χ1n) is 7.04. The summed E-state index contributed by atoms with van der Waals surface area (Å²) in [5.74, 6) is -0.841. The smallest absolute Gasteiger partial charge is 0.335 e.